The lowest BCUT2D eigenvalue weighted by Crippen LogP contribution is -2.33. The zero-order valence-electron chi connectivity index (χ0n) is 9.40. The molecule has 0 amide bonds. The fourth-order valence-corrected chi connectivity index (χ4v) is 2.33. The van der Waals surface area contributed by atoms with Crippen molar-refractivity contribution >= 4 is 28.9 Å². The van der Waals surface area contributed by atoms with E-state index in [0.29, 0.717) is 11.6 Å². The van der Waals surface area contributed by atoms with Crippen LogP contribution in [0.1, 0.15) is 12.8 Å². The normalized spacial score (nSPS) is 20.3. The highest BCUT2D eigenvalue weighted by Gasteiger charge is 2.15. The standard InChI is InChI=1S/C12H15Cl2FN2/c13-9-3-4-10(12(15)11(9)14)17-7-8-2-1-5-16-6-8/h3-4,8,16-17H,1-2,5-7H2. The highest BCUT2D eigenvalue weighted by atomic mass is 35.5. The van der Waals surface area contributed by atoms with E-state index in [1.54, 1.807) is 12.1 Å². The molecule has 0 spiro atoms. The third-order valence-corrected chi connectivity index (χ3v) is 3.80. The van der Waals surface area contributed by atoms with Crippen molar-refractivity contribution in [3.05, 3.63) is 28.0 Å². The first-order valence-electron chi connectivity index (χ1n) is 5.76. The number of hydrogen-bond acceptors (Lipinski definition) is 2. The van der Waals surface area contributed by atoms with Crippen LogP contribution in [0, 0.1) is 11.7 Å². The lowest BCUT2D eigenvalue weighted by atomic mass is 10.00. The maximum absolute atomic E-state index is 13.7. The Morgan fingerprint density at radius 1 is 1.41 bits per heavy atom. The molecule has 5 heteroatoms. The third kappa shape index (κ3) is 3.24. The molecule has 1 aliphatic heterocycles. The van der Waals surface area contributed by atoms with Crippen molar-refractivity contribution in [2.24, 2.45) is 5.92 Å². The molecule has 1 fully saturated rings. The van der Waals surface area contributed by atoms with Crippen LogP contribution in [0.3, 0.4) is 0 Å². The van der Waals surface area contributed by atoms with Gasteiger partial charge >= 0.3 is 0 Å². The van der Waals surface area contributed by atoms with Gasteiger partial charge in [0.1, 0.15) is 0 Å². The van der Waals surface area contributed by atoms with Crippen molar-refractivity contribution in [1.29, 1.82) is 0 Å². The number of hydrogen-bond donors (Lipinski definition) is 2. The Labute approximate surface area is 110 Å². The quantitative estimate of drug-likeness (QED) is 0.826. The summed E-state index contributed by atoms with van der Waals surface area (Å²) >= 11 is 11.5. The highest BCUT2D eigenvalue weighted by molar-refractivity contribution is 6.42. The molecule has 1 aromatic rings. The van der Waals surface area contributed by atoms with E-state index < -0.39 is 5.82 Å². The van der Waals surface area contributed by atoms with Gasteiger partial charge in [0.15, 0.2) is 5.82 Å². The molecule has 0 aromatic heterocycles. The molecule has 0 saturated carbocycles. The van der Waals surface area contributed by atoms with E-state index >= 15 is 0 Å². The average Bonchev–Trinajstić information content (AvgIpc) is 2.36. The molecule has 1 unspecified atom stereocenters. The molecular weight excluding hydrogens is 262 g/mol. The lowest BCUT2D eigenvalue weighted by molar-refractivity contribution is 0.392. The second-order valence-corrected chi connectivity index (χ2v) is 5.10. The van der Waals surface area contributed by atoms with E-state index in [2.05, 4.69) is 10.6 Å². The van der Waals surface area contributed by atoms with Crippen molar-refractivity contribution < 1.29 is 4.39 Å². The van der Waals surface area contributed by atoms with E-state index in [9.17, 15) is 4.39 Å². The monoisotopic (exact) mass is 276 g/mol. The smallest absolute Gasteiger partial charge is 0.166 e. The van der Waals surface area contributed by atoms with Gasteiger partial charge in [-0.15, -0.1) is 0 Å². The Balaban J connectivity index is 1.96. The van der Waals surface area contributed by atoms with Gasteiger partial charge in [-0.2, -0.15) is 0 Å². The fraction of sp³-hybridized carbons (Fsp3) is 0.500. The summed E-state index contributed by atoms with van der Waals surface area (Å²) < 4.78 is 13.7. The zero-order chi connectivity index (χ0) is 12.3. The van der Waals surface area contributed by atoms with E-state index in [0.717, 1.165) is 19.6 Å². The molecule has 1 heterocycles. The van der Waals surface area contributed by atoms with Gasteiger partial charge in [-0.3, -0.25) is 0 Å². The highest BCUT2D eigenvalue weighted by Crippen LogP contribution is 2.30. The maximum Gasteiger partial charge on any atom is 0.166 e. The minimum Gasteiger partial charge on any atom is -0.382 e. The Hall–Kier alpha value is -0.510. The van der Waals surface area contributed by atoms with Crippen molar-refractivity contribution in [1.82, 2.24) is 5.32 Å². The largest absolute Gasteiger partial charge is 0.382 e. The topological polar surface area (TPSA) is 24.1 Å². The van der Waals surface area contributed by atoms with Gasteiger partial charge in [0, 0.05) is 6.54 Å². The van der Waals surface area contributed by atoms with Gasteiger partial charge in [-0.25, -0.2) is 4.39 Å². The van der Waals surface area contributed by atoms with Gasteiger partial charge in [-0.05, 0) is 44.0 Å². The second-order valence-electron chi connectivity index (χ2n) is 4.32. The van der Waals surface area contributed by atoms with Gasteiger partial charge < -0.3 is 10.6 Å². The molecule has 0 bridgehead atoms. The molecule has 1 aromatic carbocycles. The fourth-order valence-electron chi connectivity index (χ4n) is 2.01. The van der Waals surface area contributed by atoms with Crippen molar-refractivity contribution in [2.45, 2.75) is 12.8 Å². The number of benzene rings is 1. The Kier molecular flexibility index (Phi) is 4.48. The molecule has 1 aliphatic rings. The molecule has 2 nitrogen and oxygen atoms in total. The number of halogens is 3. The van der Waals surface area contributed by atoms with Crippen LogP contribution in [0.5, 0.6) is 0 Å². The van der Waals surface area contributed by atoms with Crippen LogP contribution in [-0.4, -0.2) is 19.6 Å². The summed E-state index contributed by atoms with van der Waals surface area (Å²) in [6.07, 6.45) is 2.35. The minimum atomic E-state index is -0.470. The molecular formula is C12H15Cl2FN2. The molecule has 2 rings (SSSR count). The summed E-state index contributed by atoms with van der Waals surface area (Å²) in [4.78, 5) is 0. The summed E-state index contributed by atoms with van der Waals surface area (Å²) in [6.45, 7) is 2.81. The number of piperidine rings is 1. The van der Waals surface area contributed by atoms with Crippen LogP contribution < -0.4 is 10.6 Å². The van der Waals surface area contributed by atoms with Crippen molar-refractivity contribution in [2.75, 3.05) is 25.0 Å². The van der Waals surface area contributed by atoms with Gasteiger partial charge in [0.05, 0.1) is 15.7 Å². The van der Waals surface area contributed by atoms with Crippen LogP contribution in [-0.2, 0) is 0 Å². The second kappa shape index (κ2) is 5.89. The van der Waals surface area contributed by atoms with Crippen LogP contribution in [0.25, 0.3) is 0 Å². The Morgan fingerprint density at radius 3 is 2.94 bits per heavy atom. The summed E-state index contributed by atoms with van der Waals surface area (Å²) in [5, 5.41) is 6.65. The van der Waals surface area contributed by atoms with E-state index in [1.165, 1.54) is 12.8 Å². The molecule has 17 heavy (non-hydrogen) atoms. The van der Waals surface area contributed by atoms with Crippen molar-refractivity contribution in [3.8, 4) is 0 Å². The first-order chi connectivity index (χ1) is 8.18. The van der Waals surface area contributed by atoms with Crippen molar-refractivity contribution in [3.63, 3.8) is 0 Å². The summed E-state index contributed by atoms with van der Waals surface area (Å²) in [5.74, 6) is 0.0699. The molecule has 94 valence electrons. The molecule has 1 saturated heterocycles. The van der Waals surface area contributed by atoms with Crippen LogP contribution in [0.15, 0.2) is 12.1 Å². The molecule has 0 aliphatic carbocycles. The number of anilines is 1. The molecule has 1 atom stereocenters. The first-order valence-corrected chi connectivity index (χ1v) is 6.52. The van der Waals surface area contributed by atoms with Crippen LogP contribution in [0.2, 0.25) is 10.0 Å². The summed E-state index contributed by atoms with van der Waals surface area (Å²) in [6, 6.07) is 3.23. The SMILES string of the molecule is Fc1c(NCC2CCCNC2)ccc(Cl)c1Cl. The average molecular weight is 277 g/mol. The maximum atomic E-state index is 13.7. The zero-order valence-corrected chi connectivity index (χ0v) is 10.9. The first kappa shape index (κ1) is 12.9. The lowest BCUT2D eigenvalue weighted by Gasteiger charge is -2.23. The summed E-state index contributed by atoms with van der Waals surface area (Å²) in [5.41, 5.74) is 0.421. The summed E-state index contributed by atoms with van der Waals surface area (Å²) in [7, 11) is 0. The van der Waals surface area contributed by atoms with E-state index in [-0.39, 0.29) is 10.0 Å². The van der Waals surface area contributed by atoms with E-state index in [4.69, 9.17) is 23.2 Å². The van der Waals surface area contributed by atoms with E-state index in [1.807, 2.05) is 0 Å². The van der Waals surface area contributed by atoms with Gasteiger partial charge in [0.2, 0.25) is 0 Å². The van der Waals surface area contributed by atoms with Crippen LogP contribution >= 0.6 is 23.2 Å². The predicted octanol–water partition coefficient (Wildman–Crippen LogP) is 3.54. The van der Waals surface area contributed by atoms with Gasteiger partial charge in [-0.1, -0.05) is 23.2 Å². The minimum absolute atomic E-state index is 0.0153. The molecule has 2 N–H and O–H groups in total. The molecule has 0 radical (unpaired) electrons. The third-order valence-electron chi connectivity index (χ3n) is 3.02. The number of nitrogens with one attached hydrogen (secondary N) is 2. The number of rotatable bonds is 3. The Morgan fingerprint density at radius 2 is 2.24 bits per heavy atom. The predicted molar refractivity (Wildman–Crippen MR) is 70.5 cm³/mol. The van der Waals surface area contributed by atoms with Gasteiger partial charge in [0.25, 0.3) is 0 Å². The van der Waals surface area contributed by atoms with Crippen LogP contribution in [0.4, 0.5) is 10.1 Å². The Bertz CT molecular complexity index is 392.